The Morgan fingerprint density at radius 3 is 3.11 bits per heavy atom. The Kier molecular flexibility index (Phi) is 4.77. The lowest BCUT2D eigenvalue weighted by Gasteiger charge is -2.27. The third-order valence-corrected chi connectivity index (χ3v) is 3.70. The van der Waals surface area contributed by atoms with Gasteiger partial charge in [0.2, 0.25) is 0 Å². The molecule has 0 spiro atoms. The van der Waals surface area contributed by atoms with Crippen molar-refractivity contribution in [2.75, 3.05) is 18.4 Å². The lowest BCUT2D eigenvalue weighted by atomic mass is 10.1. The van der Waals surface area contributed by atoms with E-state index in [0.29, 0.717) is 17.4 Å². The van der Waals surface area contributed by atoms with Crippen LogP contribution in [0.1, 0.15) is 49.9 Å². The van der Waals surface area contributed by atoms with Gasteiger partial charge in [-0.1, -0.05) is 12.8 Å². The van der Waals surface area contributed by atoms with E-state index in [9.17, 15) is 4.79 Å². The van der Waals surface area contributed by atoms with E-state index in [1.165, 1.54) is 12.8 Å². The fraction of sp³-hybridized carbons (Fsp3) is 0.600. The van der Waals surface area contributed by atoms with Gasteiger partial charge in [0, 0.05) is 25.3 Å². The number of nitrogens with zero attached hydrogens (tertiary/aromatic N) is 2. The van der Waals surface area contributed by atoms with Crippen LogP contribution in [0.3, 0.4) is 0 Å². The second-order valence-corrected chi connectivity index (χ2v) is 5.13. The van der Waals surface area contributed by atoms with Crippen LogP contribution in [0.15, 0.2) is 18.3 Å². The molecule has 0 saturated carbocycles. The van der Waals surface area contributed by atoms with Gasteiger partial charge >= 0.3 is 0 Å². The van der Waals surface area contributed by atoms with Crippen LogP contribution < -0.4 is 5.32 Å². The first-order valence-electron chi connectivity index (χ1n) is 7.24. The zero-order valence-corrected chi connectivity index (χ0v) is 11.9. The molecule has 0 aromatic carbocycles. The predicted octanol–water partition coefficient (Wildman–Crippen LogP) is 2.92. The number of pyridine rings is 1. The van der Waals surface area contributed by atoms with Crippen LogP contribution >= 0.6 is 0 Å². The van der Waals surface area contributed by atoms with E-state index in [0.717, 1.165) is 25.9 Å². The fourth-order valence-electron chi connectivity index (χ4n) is 2.62. The number of hydrogen-bond donors (Lipinski definition) is 1. The minimum Gasteiger partial charge on any atom is -0.370 e. The molecule has 1 fully saturated rings. The molecule has 1 unspecified atom stereocenters. The molecule has 1 N–H and O–H groups in total. The van der Waals surface area contributed by atoms with Crippen molar-refractivity contribution < 1.29 is 4.79 Å². The number of aromatic nitrogens is 1. The number of rotatable bonds is 3. The summed E-state index contributed by atoms with van der Waals surface area (Å²) in [6.45, 7) is 5.79. The summed E-state index contributed by atoms with van der Waals surface area (Å²) >= 11 is 0. The first-order chi connectivity index (χ1) is 9.24. The third kappa shape index (κ3) is 3.25. The van der Waals surface area contributed by atoms with Crippen LogP contribution in [0.2, 0.25) is 0 Å². The van der Waals surface area contributed by atoms with Gasteiger partial charge in [0.15, 0.2) is 0 Å². The van der Waals surface area contributed by atoms with E-state index < -0.39 is 0 Å². The second-order valence-electron chi connectivity index (χ2n) is 5.13. The summed E-state index contributed by atoms with van der Waals surface area (Å²) in [6.07, 6.45) is 6.37. The minimum atomic E-state index is 0.110. The van der Waals surface area contributed by atoms with Crippen molar-refractivity contribution in [1.82, 2.24) is 9.88 Å². The number of hydrogen-bond acceptors (Lipinski definition) is 3. The Hall–Kier alpha value is -1.58. The van der Waals surface area contributed by atoms with Crippen molar-refractivity contribution in [3.05, 3.63) is 23.9 Å². The molecule has 1 atom stereocenters. The van der Waals surface area contributed by atoms with Gasteiger partial charge < -0.3 is 10.2 Å². The number of anilines is 1. The normalized spacial score (nSPS) is 19.9. The van der Waals surface area contributed by atoms with Crippen molar-refractivity contribution in [2.45, 2.75) is 45.6 Å². The molecule has 1 saturated heterocycles. The third-order valence-electron chi connectivity index (χ3n) is 3.70. The summed E-state index contributed by atoms with van der Waals surface area (Å²) in [7, 11) is 0. The highest BCUT2D eigenvalue weighted by Crippen LogP contribution is 2.21. The van der Waals surface area contributed by atoms with Crippen molar-refractivity contribution in [3.63, 3.8) is 0 Å². The molecule has 0 bridgehead atoms. The molecule has 1 amide bonds. The van der Waals surface area contributed by atoms with Crippen molar-refractivity contribution >= 4 is 11.7 Å². The van der Waals surface area contributed by atoms with E-state index in [2.05, 4.69) is 17.2 Å². The van der Waals surface area contributed by atoms with Crippen LogP contribution in [0.25, 0.3) is 0 Å². The Morgan fingerprint density at radius 2 is 2.32 bits per heavy atom. The van der Waals surface area contributed by atoms with Crippen molar-refractivity contribution in [2.24, 2.45) is 0 Å². The Morgan fingerprint density at radius 1 is 1.47 bits per heavy atom. The van der Waals surface area contributed by atoms with Gasteiger partial charge in [-0.25, -0.2) is 4.98 Å². The second kappa shape index (κ2) is 6.55. The average molecular weight is 261 g/mol. The zero-order chi connectivity index (χ0) is 13.7. The predicted molar refractivity (Wildman–Crippen MR) is 77.4 cm³/mol. The lowest BCUT2D eigenvalue weighted by molar-refractivity contribution is 0.0698. The maximum absolute atomic E-state index is 12.7. The smallest absolute Gasteiger partial charge is 0.257 e. The first-order valence-corrected chi connectivity index (χ1v) is 7.24. The highest BCUT2D eigenvalue weighted by Gasteiger charge is 2.24. The number of carbonyl (C=O) groups excluding carboxylic acids is 1. The number of carbonyl (C=O) groups is 1. The largest absolute Gasteiger partial charge is 0.370 e. The van der Waals surface area contributed by atoms with Crippen LogP contribution in [-0.2, 0) is 0 Å². The molecule has 1 aromatic rings. The Balaban J connectivity index is 2.22. The van der Waals surface area contributed by atoms with E-state index in [4.69, 9.17) is 0 Å². The van der Waals surface area contributed by atoms with E-state index in [-0.39, 0.29) is 5.91 Å². The number of nitrogens with one attached hydrogen (secondary N) is 1. The topological polar surface area (TPSA) is 45.2 Å². The lowest BCUT2D eigenvalue weighted by Crippen LogP contribution is -2.38. The monoisotopic (exact) mass is 261 g/mol. The van der Waals surface area contributed by atoms with E-state index in [1.54, 1.807) is 6.20 Å². The first kappa shape index (κ1) is 13.8. The van der Waals surface area contributed by atoms with Crippen LogP contribution in [0.4, 0.5) is 5.82 Å². The molecule has 1 aliphatic rings. The van der Waals surface area contributed by atoms with Gasteiger partial charge in [-0.3, -0.25) is 4.79 Å². The molecule has 2 rings (SSSR count). The van der Waals surface area contributed by atoms with Crippen molar-refractivity contribution in [3.8, 4) is 0 Å². The molecule has 1 aliphatic heterocycles. The Bertz CT molecular complexity index is 433. The van der Waals surface area contributed by atoms with E-state index in [1.807, 2.05) is 24.0 Å². The summed E-state index contributed by atoms with van der Waals surface area (Å²) in [5, 5.41) is 3.17. The summed E-state index contributed by atoms with van der Waals surface area (Å²) in [4.78, 5) is 19.0. The van der Waals surface area contributed by atoms with Gasteiger partial charge in [-0.15, -0.1) is 0 Å². The summed E-state index contributed by atoms with van der Waals surface area (Å²) in [6, 6.07) is 4.02. The maximum atomic E-state index is 12.7. The summed E-state index contributed by atoms with van der Waals surface area (Å²) in [5.74, 6) is 0.810. The molecule has 0 aliphatic carbocycles. The molecule has 2 heterocycles. The Labute approximate surface area is 115 Å². The fourth-order valence-corrected chi connectivity index (χ4v) is 2.62. The quantitative estimate of drug-likeness (QED) is 0.910. The molecule has 19 heavy (non-hydrogen) atoms. The van der Waals surface area contributed by atoms with Gasteiger partial charge in [-0.2, -0.15) is 0 Å². The SMILES string of the molecule is CCNc1ncccc1C(=O)N1CCCCCC1C. The molecule has 104 valence electrons. The van der Waals surface area contributed by atoms with E-state index >= 15 is 0 Å². The van der Waals surface area contributed by atoms with Crippen LogP contribution in [-0.4, -0.2) is 34.9 Å². The standard InChI is InChI=1S/C15H23N3O/c1-3-16-14-13(9-7-10-17-14)15(19)18-11-6-4-5-8-12(18)2/h7,9-10,12H,3-6,8,11H2,1-2H3,(H,16,17). The number of amides is 1. The molecule has 4 nitrogen and oxygen atoms in total. The van der Waals surface area contributed by atoms with Gasteiger partial charge in [0.05, 0.1) is 5.56 Å². The average Bonchev–Trinajstić information content (AvgIpc) is 2.64. The highest BCUT2D eigenvalue weighted by atomic mass is 16.2. The van der Waals surface area contributed by atoms with Crippen molar-refractivity contribution in [1.29, 1.82) is 0 Å². The molecular formula is C15H23N3O. The van der Waals surface area contributed by atoms with Crippen LogP contribution in [0, 0.1) is 0 Å². The maximum Gasteiger partial charge on any atom is 0.257 e. The molecule has 4 heteroatoms. The highest BCUT2D eigenvalue weighted by molar-refractivity contribution is 5.98. The summed E-state index contributed by atoms with van der Waals surface area (Å²) in [5.41, 5.74) is 0.693. The molecular weight excluding hydrogens is 238 g/mol. The van der Waals surface area contributed by atoms with Crippen LogP contribution in [0.5, 0.6) is 0 Å². The molecule has 1 aromatic heterocycles. The van der Waals surface area contributed by atoms with Gasteiger partial charge in [0.1, 0.15) is 5.82 Å². The zero-order valence-electron chi connectivity index (χ0n) is 11.9. The number of likely N-dealkylation sites (tertiary alicyclic amines) is 1. The van der Waals surface area contributed by atoms with Gasteiger partial charge in [0.25, 0.3) is 5.91 Å². The summed E-state index contributed by atoms with van der Waals surface area (Å²) < 4.78 is 0. The minimum absolute atomic E-state index is 0.110. The van der Waals surface area contributed by atoms with Gasteiger partial charge in [-0.05, 0) is 38.8 Å². The molecule has 0 radical (unpaired) electrons.